The van der Waals surface area contributed by atoms with Crippen molar-refractivity contribution in [2.24, 2.45) is 11.8 Å². The Kier molecular flexibility index (Phi) is 4.80. The van der Waals surface area contributed by atoms with E-state index in [0.717, 1.165) is 19.5 Å². The van der Waals surface area contributed by atoms with Gasteiger partial charge in [0.2, 0.25) is 5.91 Å². The monoisotopic (exact) mass is 268 g/mol. The SMILES string of the molecule is CCN(CCNC(=O)C1CCCC1C(=O)O)C1CC1. The van der Waals surface area contributed by atoms with Gasteiger partial charge in [-0.2, -0.15) is 0 Å². The molecule has 0 aliphatic heterocycles. The van der Waals surface area contributed by atoms with Crippen molar-refractivity contribution in [3.8, 4) is 0 Å². The first-order valence-corrected chi connectivity index (χ1v) is 7.38. The lowest BCUT2D eigenvalue weighted by Crippen LogP contribution is -2.40. The first-order chi connectivity index (χ1) is 9.13. The predicted octanol–water partition coefficient (Wildman–Crippen LogP) is 1.09. The molecule has 2 atom stereocenters. The van der Waals surface area contributed by atoms with Crippen LogP contribution in [-0.2, 0) is 9.59 Å². The number of rotatable bonds is 7. The molecule has 2 aliphatic carbocycles. The zero-order valence-corrected chi connectivity index (χ0v) is 11.6. The third kappa shape index (κ3) is 3.69. The lowest BCUT2D eigenvalue weighted by Gasteiger charge is -2.21. The molecule has 2 unspecified atom stereocenters. The molecule has 19 heavy (non-hydrogen) atoms. The number of hydrogen-bond acceptors (Lipinski definition) is 3. The number of carboxylic acid groups (broad SMARTS) is 1. The molecule has 1 amide bonds. The van der Waals surface area contributed by atoms with Crippen LogP contribution in [0.3, 0.4) is 0 Å². The normalized spacial score (nSPS) is 26.6. The van der Waals surface area contributed by atoms with E-state index in [9.17, 15) is 9.59 Å². The van der Waals surface area contributed by atoms with Gasteiger partial charge in [-0.3, -0.25) is 14.5 Å². The summed E-state index contributed by atoms with van der Waals surface area (Å²) >= 11 is 0. The molecule has 0 saturated heterocycles. The van der Waals surface area contributed by atoms with Gasteiger partial charge in [-0.05, 0) is 32.2 Å². The van der Waals surface area contributed by atoms with Gasteiger partial charge < -0.3 is 10.4 Å². The van der Waals surface area contributed by atoms with Gasteiger partial charge in [0.1, 0.15) is 0 Å². The standard InChI is InChI=1S/C14H24N2O3/c1-2-16(10-6-7-10)9-8-15-13(17)11-4-3-5-12(11)14(18)19/h10-12H,2-9H2,1H3,(H,15,17)(H,18,19). The summed E-state index contributed by atoms with van der Waals surface area (Å²) in [6, 6.07) is 0.708. The van der Waals surface area contributed by atoms with Gasteiger partial charge in [0.25, 0.3) is 0 Å². The molecule has 0 bridgehead atoms. The van der Waals surface area contributed by atoms with E-state index in [2.05, 4.69) is 17.1 Å². The molecule has 5 heteroatoms. The molecular weight excluding hydrogens is 244 g/mol. The second-order valence-corrected chi connectivity index (χ2v) is 5.63. The number of aliphatic carboxylic acids is 1. The first kappa shape index (κ1) is 14.3. The van der Waals surface area contributed by atoms with E-state index in [0.29, 0.717) is 25.4 Å². The summed E-state index contributed by atoms with van der Waals surface area (Å²) in [4.78, 5) is 25.5. The van der Waals surface area contributed by atoms with E-state index in [1.54, 1.807) is 0 Å². The number of carboxylic acids is 1. The Balaban J connectivity index is 1.73. The van der Waals surface area contributed by atoms with Gasteiger partial charge in [0, 0.05) is 19.1 Å². The van der Waals surface area contributed by atoms with Crippen LogP contribution < -0.4 is 5.32 Å². The fourth-order valence-corrected chi connectivity index (χ4v) is 3.06. The fraction of sp³-hybridized carbons (Fsp3) is 0.857. The number of amides is 1. The lowest BCUT2D eigenvalue weighted by atomic mass is 9.95. The largest absolute Gasteiger partial charge is 0.481 e. The van der Waals surface area contributed by atoms with E-state index >= 15 is 0 Å². The summed E-state index contributed by atoms with van der Waals surface area (Å²) in [5, 5.41) is 12.0. The van der Waals surface area contributed by atoms with Crippen molar-refractivity contribution >= 4 is 11.9 Å². The molecule has 0 aromatic carbocycles. The zero-order valence-electron chi connectivity index (χ0n) is 11.6. The van der Waals surface area contributed by atoms with Crippen LogP contribution >= 0.6 is 0 Å². The molecular formula is C14H24N2O3. The zero-order chi connectivity index (χ0) is 13.8. The number of likely N-dealkylation sites (N-methyl/N-ethyl adjacent to an activating group) is 1. The highest BCUT2D eigenvalue weighted by molar-refractivity contribution is 5.85. The summed E-state index contributed by atoms with van der Waals surface area (Å²) in [7, 11) is 0. The highest BCUT2D eigenvalue weighted by Crippen LogP contribution is 2.32. The maximum absolute atomic E-state index is 12.0. The highest BCUT2D eigenvalue weighted by atomic mass is 16.4. The Morgan fingerprint density at radius 1 is 1.21 bits per heavy atom. The number of nitrogens with one attached hydrogen (secondary N) is 1. The van der Waals surface area contributed by atoms with Crippen molar-refractivity contribution in [2.45, 2.75) is 45.1 Å². The molecule has 0 heterocycles. The molecule has 5 nitrogen and oxygen atoms in total. The van der Waals surface area contributed by atoms with E-state index in [1.807, 2.05) is 0 Å². The minimum absolute atomic E-state index is 0.0725. The Bertz CT molecular complexity index is 342. The van der Waals surface area contributed by atoms with E-state index in [1.165, 1.54) is 12.8 Å². The van der Waals surface area contributed by atoms with Gasteiger partial charge in [-0.15, -0.1) is 0 Å². The maximum Gasteiger partial charge on any atom is 0.307 e. The van der Waals surface area contributed by atoms with Crippen LogP contribution in [0.25, 0.3) is 0 Å². The molecule has 0 radical (unpaired) electrons. The van der Waals surface area contributed by atoms with Crippen molar-refractivity contribution in [3.05, 3.63) is 0 Å². The fourth-order valence-electron chi connectivity index (χ4n) is 3.06. The van der Waals surface area contributed by atoms with Crippen molar-refractivity contribution in [1.82, 2.24) is 10.2 Å². The van der Waals surface area contributed by atoms with Crippen molar-refractivity contribution < 1.29 is 14.7 Å². The molecule has 0 spiro atoms. The Hall–Kier alpha value is -1.10. The third-order valence-electron chi connectivity index (χ3n) is 4.34. The second-order valence-electron chi connectivity index (χ2n) is 5.63. The molecule has 2 fully saturated rings. The molecule has 2 N–H and O–H groups in total. The maximum atomic E-state index is 12.0. The predicted molar refractivity (Wildman–Crippen MR) is 71.7 cm³/mol. The van der Waals surface area contributed by atoms with Crippen LogP contribution in [0.2, 0.25) is 0 Å². The second kappa shape index (κ2) is 6.37. The van der Waals surface area contributed by atoms with Crippen molar-refractivity contribution in [3.63, 3.8) is 0 Å². The quantitative estimate of drug-likeness (QED) is 0.725. The molecule has 0 aromatic heterocycles. The topological polar surface area (TPSA) is 69.6 Å². The lowest BCUT2D eigenvalue weighted by molar-refractivity contribution is -0.146. The average Bonchev–Trinajstić information content (AvgIpc) is 3.09. The minimum Gasteiger partial charge on any atom is -0.481 e. The highest BCUT2D eigenvalue weighted by Gasteiger charge is 2.37. The summed E-state index contributed by atoms with van der Waals surface area (Å²) in [5.41, 5.74) is 0. The number of carbonyl (C=O) groups is 2. The van der Waals surface area contributed by atoms with Gasteiger partial charge in [-0.25, -0.2) is 0 Å². The van der Waals surface area contributed by atoms with Crippen LogP contribution in [0.1, 0.15) is 39.0 Å². The molecule has 2 aliphatic rings. The van der Waals surface area contributed by atoms with E-state index in [4.69, 9.17) is 5.11 Å². The molecule has 0 aromatic rings. The van der Waals surface area contributed by atoms with Crippen LogP contribution in [-0.4, -0.2) is 47.6 Å². The summed E-state index contributed by atoms with van der Waals surface area (Å²) in [6.07, 6.45) is 4.73. The molecule has 108 valence electrons. The van der Waals surface area contributed by atoms with Gasteiger partial charge in [0.15, 0.2) is 0 Å². The molecule has 2 saturated carbocycles. The van der Waals surface area contributed by atoms with E-state index < -0.39 is 11.9 Å². The van der Waals surface area contributed by atoms with Gasteiger partial charge >= 0.3 is 5.97 Å². The van der Waals surface area contributed by atoms with Gasteiger partial charge in [0.05, 0.1) is 11.8 Å². The van der Waals surface area contributed by atoms with Crippen LogP contribution in [0, 0.1) is 11.8 Å². The van der Waals surface area contributed by atoms with Crippen LogP contribution in [0.4, 0.5) is 0 Å². The van der Waals surface area contributed by atoms with Crippen LogP contribution in [0.15, 0.2) is 0 Å². The number of nitrogens with zero attached hydrogens (tertiary/aromatic N) is 1. The van der Waals surface area contributed by atoms with E-state index in [-0.39, 0.29) is 11.8 Å². The smallest absolute Gasteiger partial charge is 0.307 e. The number of hydrogen-bond donors (Lipinski definition) is 2. The Morgan fingerprint density at radius 2 is 1.89 bits per heavy atom. The Labute approximate surface area is 114 Å². The van der Waals surface area contributed by atoms with Crippen molar-refractivity contribution in [1.29, 1.82) is 0 Å². The first-order valence-electron chi connectivity index (χ1n) is 7.38. The molecule has 2 rings (SSSR count). The van der Waals surface area contributed by atoms with Gasteiger partial charge in [-0.1, -0.05) is 13.3 Å². The summed E-state index contributed by atoms with van der Waals surface area (Å²) in [6.45, 7) is 4.66. The summed E-state index contributed by atoms with van der Waals surface area (Å²) < 4.78 is 0. The third-order valence-corrected chi connectivity index (χ3v) is 4.34. The van der Waals surface area contributed by atoms with Crippen LogP contribution in [0.5, 0.6) is 0 Å². The minimum atomic E-state index is -0.828. The van der Waals surface area contributed by atoms with Crippen molar-refractivity contribution in [2.75, 3.05) is 19.6 Å². The summed E-state index contributed by atoms with van der Waals surface area (Å²) in [5.74, 6) is -1.71. The number of carbonyl (C=O) groups excluding carboxylic acids is 1. The average molecular weight is 268 g/mol. The Morgan fingerprint density at radius 3 is 2.47 bits per heavy atom.